The molecule has 1 amide bonds. The molecule has 0 radical (unpaired) electrons. The zero-order valence-corrected chi connectivity index (χ0v) is 9.80. The zero-order valence-electron chi connectivity index (χ0n) is 9.80. The molecule has 0 saturated carbocycles. The van der Waals surface area contributed by atoms with E-state index in [1.54, 1.807) is 0 Å². The van der Waals surface area contributed by atoms with Crippen LogP contribution in [-0.4, -0.2) is 5.91 Å². The molecule has 1 N–H and O–H groups in total. The predicted molar refractivity (Wildman–Crippen MR) is 69.5 cm³/mol. The molecule has 18 heavy (non-hydrogen) atoms. The lowest BCUT2D eigenvalue weighted by atomic mass is 10.1. The molecular weight excluding hydrogens is 226 g/mol. The molecule has 0 bridgehead atoms. The summed E-state index contributed by atoms with van der Waals surface area (Å²) < 4.78 is 5.93. The quantitative estimate of drug-likeness (QED) is 0.830. The van der Waals surface area contributed by atoms with Crippen molar-refractivity contribution in [1.29, 1.82) is 0 Å². The summed E-state index contributed by atoms with van der Waals surface area (Å²) in [6.07, 6.45) is 0.105. The Kier molecular flexibility index (Phi) is 2.73. The Morgan fingerprint density at radius 1 is 1.00 bits per heavy atom. The van der Waals surface area contributed by atoms with Crippen LogP contribution in [-0.2, 0) is 4.79 Å². The lowest BCUT2D eigenvalue weighted by molar-refractivity contribution is -0.117. The normalized spacial score (nSPS) is 18.2. The van der Waals surface area contributed by atoms with Crippen molar-refractivity contribution in [2.75, 3.05) is 5.32 Å². The first kappa shape index (κ1) is 10.8. The highest BCUT2D eigenvalue weighted by Crippen LogP contribution is 2.33. The van der Waals surface area contributed by atoms with Gasteiger partial charge in [0.15, 0.2) is 0 Å². The van der Waals surface area contributed by atoms with E-state index >= 15 is 0 Å². The second-order valence-electron chi connectivity index (χ2n) is 4.27. The van der Waals surface area contributed by atoms with Gasteiger partial charge in [-0.05, 0) is 17.7 Å². The molecule has 3 rings (SSSR count). The smallest absolute Gasteiger partial charge is 0.228 e. The number of rotatable bonds is 1. The summed E-state index contributed by atoms with van der Waals surface area (Å²) in [4.78, 5) is 11.8. The van der Waals surface area contributed by atoms with Crippen LogP contribution in [0.5, 0.6) is 5.75 Å². The Labute approximate surface area is 105 Å². The fraction of sp³-hybridized carbons (Fsp3) is 0.133. The molecule has 0 saturated heterocycles. The summed E-state index contributed by atoms with van der Waals surface area (Å²) in [6.45, 7) is 0. The number of para-hydroxylation sites is 2. The second-order valence-corrected chi connectivity index (χ2v) is 4.27. The summed E-state index contributed by atoms with van der Waals surface area (Å²) >= 11 is 0. The van der Waals surface area contributed by atoms with Crippen LogP contribution in [0.2, 0.25) is 0 Å². The van der Waals surface area contributed by atoms with Gasteiger partial charge < -0.3 is 10.1 Å². The van der Waals surface area contributed by atoms with Gasteiger partial charge in [-0.25, -0.2) is 0 Å². The van der Waals surface area contributed by atoms with Gasteiger partial charge in [0.1, 0.15) is 11.9 Å². The molecule has 3 heteroatoms. The average molecular weight is 239 g/mol. The molecule has 0 spiro atoms. The largest absolute Gasteiger partial charge is 0.483 e. The highest BCUT2D eigenvalue weighted by Gasteiger charge is 2.23. The highest BCUT2D eigenvalue weighted by molar-refractivity contribution is 5.93. The standard InChI is InChI=1S/C15H13NO2/c17-15-10-14(11-6-2-1-3-7-11)18-13-9-5-4-8-12(13)16-15/h1-9,14H,10H2,(H,16,17)/t14-/m0/s1. The number of hydrogen-bond acceptors (Lipinski definition) is 2. The number of nitrogens with one attached hydrogen (secondary N) is 1. The first-order valence-corrected chi connectivity index (χ1v) is 5.93. The summed E-state index contributed by atoms with van der Waals surface area (Å²) in [6, 6.07) is 17.3. The van der Waals surface area contributed by atoms with Crippen LogP contribution in [0.4, 0.5) is 5.69 Å². The third kappa shape index (κ3) is 2.07. The highest BCUT2D eigenvalue weighted by atomic mass is 16.5. The number of amides is 1. The monoisotopic (exact) mass is 239 g/mol. The van der Waals surface area contributed by atoms with Crippen molar-refractivity contribution < 1.29 is 9.53 Å². The maximum Gasteiger partial charge on any atom is 0.228 e. The molecule has 2 aromatic rings. The molecule has 0 fully saturated rings. The van der Waals surface area contributed by atoms with E-state index in [4.69, 9.17) is 4.74 Å². The second kappa shape index (κ2) is 4.53. The summed E-state index contributed by atoms with van der Waals surface area (Å²) in [7, 11) is 0. The van der Waals surface area contributed by atoms with Gasteiger partial charge in [-0.1, -0.05) is 42.5 Å². The van der Waals surface area contributed by atoms with Gasteiger partial charge in [-0.15, -0.1) is 0 Å². The fourth-order valence-corrected chi connectivity index (χ4v) is 2.09. The summed E-state index contributed by atoms with van der Waals surface area (Å²) in [5.74, 6) is 0.700. The van der Waals surface area contributed by atoms with E-state index < -0.39 is 0 Å². The minimum Gasteiger partial charge on any atom is -0.483 e. The zero-order chi connectivity index (χ0) is 12.4. The van der Waals surface area contributed by atoms with Gasteiger partial charge in [0.05, 0.1) is 12.1 Å². The molecular formula is C15H13NO2. The third-order valence-corrected chi connectivity index (χ3v) is 2.97. The Hall–Kier alpha value is -2.29. The van der Waals surface area contributed by atoms with E-state index in [-0.39, 0.29) is 12.0 Å². The van der Waals surface area contributed by atoms with Crippen LogP contribution in [0.3, 0.4) is 0 Å². The van der Waals surface area contributed by atoms with Crippen LogP contribution in [0.15, 0.2) is 54.6 Å². The predicted octanol–water partition coefficient (Wildman–Crippen LogP) is 3.15. The van der Waals surface area contributed by atoms with E-state index in [2.05, 4.69) is 5.32 Å². The van der Waals surface area contributed by atoms with E-state index in [1.165, 1.54) is 0 Å². The maximum absolute atomic E-state index is 11.8. The van der Waals surface area contributed by atoms with Gasteiger partial charge in [-0.3, -0.25) is 4.79 Å². The molecule has 0 aliphatic carbocycles. The Morgan fingerprint density at radius 2 is 1.72 bits per heavy atom. The van der Waals surface area contributed by atoms with Gasteiger partial charge in [0.25, 0.3) is 0 Å². The minimum atomic E-state index is -0.227. The number of benzene rings is 2. The number of hydrogen-bond donors (Lipinski definition) is 1. The van der Waals surface area contributed by atoms with Crippen molar-refractivity contribution in [3.63, 3.8) is 0 Å². The van der Waals surface area contributed by atoms with Gasteiger partial charge in [0, 0.05) is 0 Å². The van der Waals surface area contributed by atoms with E-state index in [0.717, 1.165) is 17.0 Å². The Bertz CT molecular complexity index is 566. The van der Waals surface area contributed by atoms with E-state index in [9.17, 15) is 4.79 Å². The first-order chi connectivity index (χ1) is 8.83. The van der Waals surface area contributed by atoms with Crippen LogP contribution < -0.4 is 10.1 Å². The molecule has 1 heterocycles. The van der Waals surface area contributed by atoms with E-state index in [0.29, 0.717) is 6.42 Å². The molecule has 1 atom stereocenters. The number of fused-ring (bicyclic) bond motifs is 1. The maximum atomic E-state index is 11.8. The average Bonchev–Trinajstić information content (AvgIpc) is 2.57. The molecule has 3 nitrogen and oxygen atoms in total. The van der Waals surface area contributed by atoms with Crippen LogP contribution >= 0.6 is 0 Å². The Morgan fingerprint density at radius 3 is 2.56 bits per heavy atom. The van der Waals surface area contributed by atoms with Crippen molar-refractivity contribution in [3.8, 4) is 5.75 Å². The van der Waals surface area contributed by atoms with Crippen molar-refractivity contribution >= 4 is 11.6 Å². The van der Waals surface area contributed by atoms with Crippen molar-refractivity contribution in [3.05, 3.63) is 60.2 Å². The molecule has 2 aromatic carbocycles. The third-order valence-electron chi connectivity index (χ3n) is 2.97. The number of ether oxygens (including phenoxy) is 1. The number of carbonyl (C=O) groups excluding carboxylic acids is 1. The van der Waals surface area contributed by atoms with Crippen molar-refractivity contribution in [2.45, 2.75) is 12.5 Å². The van der Waals surface area contributed by atoms with Crippen LogP contribution in [0.1, 0.15) is 18.1 Å². The number of carbonyl (C=O) groups is 1. The molecule has 1 aliphatic rings. The fourth-order valence-electron chi connectivity index (χ4n) is 2.09. The molecule has 1 aliphatic heterocycles. The van der Waals surface area contributed by atoms with Crippen LogP contribution in [0, 0.1) is 0 Å². The lowest BCUT2D eigenvalue weighted by Crippen LogP contribution is -2.14. The van der Waals surface area contributed by atoms with Crippen molar-refractivity contribution in [2.24, 2.45) is 0 Å². The molecule has 0 unspecified atom stereocenters. The summed E-state index contributed by atoms with van der Waals surface area (Å²) in [5, 5.41) is 2.86. The molecule has 0 aromatic heterocycles. The number of anilines is 1. The Balaban J connectivity index is 1.97. The minimum absolute atomic E-state index is 0.0196. The van der Waals surface area contributed by atoms with Crippen LogP contribution in [0.25, 0.3) is 0 Å². The van der Waals surface area contributed by atoms with Gasteiger partial charge in [-0.2, -0.15) is 0 Å². The van der Waals surface area contributed by atoms with E-state index in [1.807, 2.05) is 54.6 Å². The van der Waals surface area contributed by atoms with Crippen molar-refractivity contribution in [1.82, 2.24) is 0 Å². The summed E-state index contributed by atoms with van der Waals surface area (Å²) in [5.41, 5.74) is 1.75. The topological polar surface area (TPSA) is 38.3 Å². The molecule has 90 valence electrons. The van der Waals surface area contributed by atoms with Gasteiger partial charge in [0.2, 0.25) is 5.91 Å². The SMILES string of the molecule is O=C1C[C@@H](c2ccccc2)Oc2ccccc2N1. The van der Waals surface area contributed by atoms with Gasteiger partial charge >= 0.3 is 0 Å². The first-order valence-electron chi connectivity index (χ1n) is 5.93. The lowest BCUT2D eigenvalue weighted by Gasteiger charge is -2.16.